The smallest absolute Gasteiger partial charge is 0.387 e. The maximum absolute atomic E-state index is 12.4. The first kappa shape index (κ1) is 21.9. The molecule has 1 unspecified atom stereocenters. The highest BCUT2D eigenvalue weighted by Gasteiger charge is 2.21. The van der Waals surface area contributed by atoms with Crippen LogP contribution in [0, 0.1) is 5.92 Å². The highest BCUT2D eigenvalue weighted by molar-refractivity contribution is 14.0. The highest BCUT2D eigenvalue weighted by atomic mass is 127. The van der Waals surface area contributed by atoms with Crippen LogP contribution in [0.5, 0.6) is 5.75 Å². The van der Waals surface area contributed by atoms with Crippen LogP contribution in [-0.4, -0.2) is 50.7 Å². The molecular weight excluding hydrogens is 441 g/mol. The van der Waals surface area contributed by atoms with Gasteiger partial charge >= 0.3 is 6.61 Å². The molecule has 8 heteroatoms. The fourth-order valence-corrected chi connectivity index (χ4v) is 2.87. The zero-order valence-electron chi connectivity index (χ0n) is 14.7. The average Bonchev–Trinajstić information content (AvgIpc) is 3.04. The van der Waals surface area contributed by atoms with Crippen LogP contribution in [-0.2, 0) is 6.54 Å². The number of hydrogen-bond acceptors (Lipinski definition) is 3. The van der Waals surface area contributed by atoms with Crippen LogP contribution >= 0.6 is 24.0 Å². The van der Waals surface area contributed by atoms with Crippen molar-refractivity contribution in [3.8, 4) is 5.75 Å². The maximum Gasteiger partial charge on any atom is 0.387 e. The summed E-state index contributed by atoms with van der Waals surface area (Å²) in [5.41, 5.74) is 0.666. The minimum Gasteiger partial charge on any atom is -0.434 e. The van der Waals surface area contributed by atoms with Gasteiger partial charge in [-0.2, -0.15) is 8.78 Å². The van der Waals surface area contributed by atoms with Crippen LogP contribution in [0.2, 0.25) is 0 Å². The van der Waals surface area contributed by atoms with Gasteiger partial charge in [0.1, 0.15) is 5.75 Å². The summed E-state index contributed by atoms with van der Waals surface area (Å²) < 4.78 is 29.4. The van der Waals surface area contributed by atoms with E-state index in [1.807, 2.05) is 0 Å². The van der Waals surface area contributed by atoms with Gasteiger partial charge in [0, 0.05) is 32.2 Å². The third-order valence-electron chi connectivity index (χ3n) is 4.23. The molecule has 5 nitrogen and oxygen atoms in total. The number of likely N-dealkylation sites (tertiary alicyclic amines) is 1. The summed E-state index contributed by atoms with van der Waals surface area (Å²) in [4.78, 5) is 6.62. The second-order valence-corrected chi connectivity index (χ2v) is 5.84. The molecule has 0 radical (unpaired) electrons. The summed E-state index contributed by atoms with van der Waals surface area (Å²) in [6, 6.07) is 6.77. The molecular formula is C17H27F2IN4O. The van der Waals surface area contributed by atoms with Crippen LogP contribution in [0.1, 0.15) is 18.9 Å². The molecule has 0 bridgehead atoms. The number of alkyl halides is 2. The molecule has 1 aliphatic rings. The molecule has 2 rings (SSSR count). The Morgan fingerprint density at radius 2 is 2.12 bits per heavy atom. The van der Waals surface area contributed by atoms with E-state index in [4.69, 9.17) is 0 Å². The minimum absolute atomic E-state index is 0. The molecule has 0 aliphatic carbocycles. The number of nitrogens with one attached hydrogen (secondary N) is 2. The SMILES string of the molecule is CCN1CCC(CNC(=NC)NCc2ccccc2OC(F)F)C1.I. The van der Waals surface area contributed by atoms with E-state index in [-0.39, 0.29) is 29.7 Å². The number of rotatable bonds is 7. The van der Waals surface area contributed by atoms with Crippen molar-refractivity contribution < 1.29 is 13.5 Å². The van der Waals surface area contributed by atoms with E-state index in [0.717, 1.165) is 26.2 Å². The van der Waals surface area contributed by atoms with Crippen molar-refractivity contribution >= 4 is 29.9 Å². The molecule has 1 saturated heterocycles. The number of guanidine groups is 1. The van der Waals surface area contributed by atoms with Crippen molar-refractivity contribution in [3.63, 3.8) is 0 Å². The Balaban J connectivity index is 0.00000312. The molecule has 25 heavy (non-hydrogen) atoms. The third kappa shape index (κ3) is 7.31. The summed E-state index contributed by atoms with van der Waals surface area (Å²) in [5, 5.41) is 6.46. The number of hydrogen-bond donors (Lipinski definition) is 2. The topological polar surface area (TPSA) is 48.9 Å². The number of benzene rings is 1. The summed E-state index contributed by atoms with van der Waals surface area (Å²) in [6.07, 6.45) is 1.18. The van der Waals surface area contributed by atoms with Crippen molar-refractivity contribution in [1.29, 1.82) is 0 Å². The predicted molar refractivity (Wildman–Crippen MR) is 107 cm³/mol. The zero-order chi connectivity index (χ0) is 17.4. The fraction of sp³-hybridized carbons (Fsp3) is 0.588. The Labute approximate surface area is 165 Å². The maximum atomic E-state index is 12.4. The second-order valence-electron chi connectivity index (χ2n) is 5.84. The lowest BCUT2D eigenvalue weighted by molar-refractivity contribution is -0.0504. The first-order valence-electron chi connectivity index (χ1n) is 8.32. The zero-order valence-corrected chi connectivity index (χ0v) is 17.0. The molecule has 0 saturated carbocycles. The van der Waals surface area contributed by atoms with Gasteiger partial charge in [0.15, 0.2) is 5.96 Å². The number of halogens is 3. The van der Waals surface area contributed by atoms with Gasteiger partial charge in [0.25, 0.3) is 0 Å². The van der Waals surface area contributed by atoms with Gasteiger partial charge in [-0.05, 0) is 31.5 Å². The normalized spacial score (nSPS) is 18.1. The van der Waals surface area contributed by atoms with Crippen molar-refractivity contribution in [2.24, 2.45) is 10.9 Å². The predicted octanol–water partition coefficient (Wildman–Crippen LogP) is 2.91. The van der Waals surface area contributed by atoms with Crippen molar-refractivity contribution in [1.82, 2.24) is 15.5 Å². The molecule has 0 aromatic heterocycles. The molecule has 1 aliphatic heterocycles. The Morgan fingerprint density at radius 3 is 2.76 bits per heavy atom. The van der Waals surface area contributed by atoms with Gasteiger partial charge in [-0.25, -0.2) is 0 Å². The van der Waals surface area contributed by atoms with Crippen LogP contribution in [0.25, 0.3) is 0 Å². The molecule has 142 valence electrons. The lowest BCUT2D eigenvalue weighted by Crippen LogP contribution is -2.40. The molecule has 1 fully saturated rings. The largest absolute Gasteiger partial charge is 0.434 e. The van der Waals surface area contributed by atoms with Crippen molar-refractivity contribution in [2.45, 2.75) is 26.5 Å². The van der Waals surface area contributed by atoms with E-state index in [1.54, 1.807) is 25.2 Å². The summed E-state index contributed by atoms with van der Waals surface area (Å²) >= 11 is 0. The van der Waals surface area contributed by atoms with Gasteiger partial charge in [-0.3, -0.25) is 4.99 Å². The molecule has 2 N–H and O–H groups in total. The van der Waals surface area contributed by atoms with Gasteiger partial charge in [-0.15, -0.1) is 24.0 Å². The number of para-hydroxylation sites is 1. The number of nitrogens with zero attached hydrogens (tertiary/aromatic N) is 2. The van der Waals surface area contributed by atoms with E-state index in [2.05, 4.69) is 32.2 Å². The fourth-order valence-electron chi connectivity index (χ4n) is 2.87. The Morgan fingerprint density at radius 1 is 1.36 bits per heavy atom. The lowest BCUT2D eigenvalue weighted by atomic mass is 10.1. The first-order valence-corrected chi connectivity index (χ1v) is 8.32. The van der Waals surface area contributed by atoms with Crippen molar-refractivity contribution in [2.75, 3.05) is 33.2 Å². The number of aliphatic imine (C=N–C) groups is 1. The average molecular weight is 468 g/mol. The molecule has 1 aromatic rings. The Hall–Kier alpha value is -1.16. The Kier molecular flexibility index (Phi) is 10.0. The van der Waals surface area contributed by atoms with Gasteiger partial charge < -0.3 is 20.3 Å². The summed E-state index contributed by atoms with van der Waals surface area (Å²) in [7, 11) is 1.70. The monoisotopic (exact) mass is 468 g/mol. The molecule has 1 aromatic carbocycles. The van der Waals surface area contributed by atoms with E-state index >= 15 is 0 Å². The van der Waals surface area contributed by atoms with Gasteiger partial charge in [0.2, 0.25) is 0 Å². The lowest BCUT2D eigenvalue weighted by Gasteiger charge is -2.17. The molecule has 1 heterocycles. The van der Waals surface area contributed by atoms with E-state index in [0.29, 0.717) is 24.0 Å². The van der Waals surface area contributed by atoms with Crippen molar-refractivity contribution in [3.05, 3.63) is 29.8 Å². The van der Waals surface area contributed by atoms with Crippen LogP contribution in [0.4, 0.5) is 8.78 Å². The number of ether oxygens (including phenoxy) is 1. The van der Waals surface area contributed by atoms with Gasteiger partial charge in [0.05, 0.1) is 0 Å². The van der Waals surface area contributed by atoms with E-state index < -0.39 is 6.61 Å². The third-order valence-corrected chi connectivity index (χ3v) is 4.23. The van der Waals surface area contributed by atoms with E-state index in [1.165, 1.54) is 12.5 Å². The second kappa shape index (κ2) is 11.5. The molecule has 0 spiro atoms. The molecule has 1 atom stereocenters. The van der Waals surface area contributed by atoms with Crippen LogP contribution in [0.3, 0.4) is 0 Å². The van der Waals surface area contributed by atoms with Gasteiger partial charge in [-0.1, -0.05) is 25.1 Å². The summed E-state index contributed by atoms with van der Waals surface area (Å²) in [5.74, 6) is 1.46. The van der Waals surface area contributed by atoms with Crippen LogP contribution < -0.4 is 15.4 Å². The molecule has 0 amide bonds. The quantitative estimate of drug-likeness (QED) is 0.367. The Bertz CT molecular complexity index is 545. The van der Waals surface area contributed by atoms with E-state index in [9.17, 15) is 8.78 Å². The minimum atomic E-state index is -2.83. The highest BCUT2D eigenvalue weighted by Crippen LogP contribution is 2.20. The standard InChI is InChI=1S/C17H26F2N4O.HI/c1-3-23-9-8-13(12-23)10-21-17(20-2)22-11-14-6-4-5-7-15(14)24-16(18)19;/h4-7,13,16H,3,8-12H2,1-2H3,(H2,20,21,22);1H. The first-order chi connectivity index (χ1) is 11.6. The van der Waals surface area contributed by atoms with Crippen LogP contribution in [0.15, 0.2) is 29.3 Å². The summed E-state index contributed by atoms with van der Waals surface area (Å²) in [6.45, 7) is 3.91.